The molecule has 2 N–H and O–H groups in total. The van der Waals surface area contributed by atoms with E-state index in [0.717, 1.165) is 36.4 Å². The molecule has 1 fully saturated rings. The number of furan rings is 1. The summed E-state index contributed by atoms with van der Waals surface area (Å²) >= 11 is 0. The summed E-state index contributed by atoms with van der Waals surface area (Å²) < 4.78 is 11.7. The summed E-state index contributed by atoms with van der Waals surface area (Å²) in [5, 5.41) is 1.16. The van der Waals surface area contributed by atoms with Gasteiger partial charge in [0, 0.05) is 24.5 Å². The Labute approximate surface area is 119 Å². The highest BCUT2D eigenvalue weighted by Gasteiger charge is 2.28. The highest BCUT2D eigenvalue weighted by molar-refractivity contribution is 5.77. The minimum absolute atomic E-state index is 0.0562. The normalized spacial score (nSPS) is 23.9. The zero-order valence-electron chi connectivity index (χ0n) is 12.1. The smallest absolute Gasteiger partial charge is 0.134 e. The monoisotopic (exact) mass is 274 g/mol. The van der Waals surface area contributed by atoms with E-state index in [4.69, 9.17) is 14.9 Å². The van der Waals surface area contributed by atoms with Gasteiger partial charge in [0.15, 0.2) is 0 Å². The van der Waals surface area contributed by atoms with E-state index < -0.39 is 0 Å². The third-order valence-corrected chi connectivity index (χ3v) is 4.12. The Morgan fingerprint density at radius 1 is 1.30 bits per heavy atom. The van der Waals surface area contributed by atoms with Crippen LogP contribution in [0.1, 0.15) is 25.6 Å². The van der Waals surface area contributed by atoms with E-state index in [-0.39, 0.29) is 18.2 Å². The Balaban J connectivity index is 1.79. The van der Waals surface area contributed by atoms with Crippen LogP contribution in [0, 0.1) is 0 Å². The topological polar surface area (TPSA) is 51.6 Å². The molecule has 4 heteroatoms. The van der Waals surface area contributed by atoms with E-state index in [2.05, 4.69) is 24.0 Å². The van der Waals surface area contributed by atoms with Crippen molar-refractivity contribution in [3.8, 4) is 0 Å². The molecule has 0 radical (unpaired) electrons. The Morgan fingerprint density at radius 3 is 2.85 bits per heavy atom. The van der Waals surface area contributed by atoms with Crippen LogP contribution in [0.15, 0.2) is 34.7 Å². The minimum Gasteiger partial charge on any atom is -0.459 e. The first-order valence-electron chi connectivity index (χ1n) is 7.25. The lowest BCUT2D eigenvalue weighted by Crippen LogP contribution is -2.50. The van der Waals surface area contributed by atoms with Crippen molar-refractivity contribution < 1.29 is 9.15 Å². The molecular formula is C16H22N2O2. The molecule has 20 heavy (non-hydrogen) atoms. The second-order valence-corrected chi connectivity index (χ2v) is 5.63. The van der Waals surface area contributed by atoms with Crippen LogP contribution in [0.3, 0.4) is 0 Å². The van der Waals surface area contributed by atoms with E-state index in [0.29, 0.717) is 0 Å². The van der Waals surface area contributed by atoms with Crippen molar-refractivity contribution in [2.24, 2.45) is 5.73 Å². The van der Waals surface area contributed by atoms with Crippen LogP contribution >= 0.6 is 0 Å². The van der Waals surface area contributed by atoms with E-state index in [9.17, 15) is 0 Å². The molecule has 0 amide bonds. The van der Waals surface area contributed by atoms with Crippen molar-refractivity contribution in [2.75, 3.05) is 19.7 Å². The third-order valence-electron chi connectivity index (χ3n) is 4.12. The lowest BCUT2D eigenvalue weighted by atomic mass is 10.1. The van der Waals surface area contributed by atoms with Crippen LogP contribution in [0.5, 0.6) is 0 Å². The number of nitrogens with two attached hydrogens (primary N) is 1. The fraction of sp³-hybridized carbons (Fsp3) is 0.500. The number of para-hydroxylation sites is 1. The molecule has 1 aromatic carbocycles. The molecule has 0 aliphatic carbocycles. The lowest BCUT2D eigenvalue weighted by Gasteiger charge is -2.37. The summed E-state index contributed by atoms with van der Waals surface area (Å²) in [5.74, 6) is 1.01. The molecule has 1 aliphatic rings. The van der Waals surface area contributed by atoms with Crippen molar-refractivity contribution in [3.05, 3.63) is 36.1 Å². The molecular weight excluding hydrogens is 252 g/mol. The van der Waals surface area contributed by atoms with Crippen LogP contribution in [0.4, 0.5) is 0 Å². The zero-order chi connectivity index (χ0) is 14.1. The van der Waals surface area contributed by atoms with Gasteiger partial charge < -0.3 is 14.9 Å². The average Bonchev–Trinajstić information content (AvgIpc) is 2.90. The fourth-order valence-electron chi connectivity index (χ4n) is 2.75. The molecule has 3 atom stereocenters. The maximum absolute atomic E-state index is 5.97. The Kier molecular flexibility index (Phi) is 3.78. The first kappa shape index (κ1) is 13.6. The number of benzene rings is 1. The summed E-state index contributed by atoms with van der Waals surface area (Å²) in [6.45, 7) is 6.69. The standard InChI is InChI=1S/C16H22N2O2/c1-11(17)16-10-18(7-8-19-16)12(2)15-9-13-5-3-4-6-14(13)20-15/h3-6,9,11-12,16H,7-8,10,17H2,1-2H3. The van der Waals surface area contributed by atoms with Crippen molar-refractivity contribution in [1.29, 1.82) is 0 Å². The molecule has 1 aromatic heterocycles. The molecule has 2 aromatic rings. The van der Waals surface area contributed by atoms with Gasteiger partial charge in [-0.2, -0.15) is 0 Å². The number of hydrogen-bond acceptors (Lipinski definition) is 4. The van der Waals surface area contributed by atoms with Gasteiger partial charge in [0.2, 0.25) is 0 Å². The van der Waals surface area contributed by atoms with Gasteiger partial charge in [-0.3, -0.25) is 4.90 Å². The molecule has 4 nitrogen and oxygen atoms in total. The third kappa shape index (κ3) is 2.59. The van der Waals surface area contributed by atoms with Crippen LogP contribution in [-0.4, -0.2) is 36.7 Å². The quantitative estimate of drug-likeness (QED) is 0.934. The molecule has 3 unspecified atom stereocenters. The van der Waals surface area contributed by atoms with Gasteiger partial charge in [-0.25, -0.2) is 0 Å². The second kappa shape index (κ2) is 5.56. The Hall–Kier alpha value is -1.36. The number of nitrogens with zero attached hydrogens (tertiary/aromatic N) is 1. The van der Waals surface area contributed by atoms with Gasteiger partial charge in [-0.15, -0.1) is 0 Å². The number of morpholine rings is 1. The summed E-state index contributed by atoms with van der Waals surface area (Å²) in [6, 6.07) is 10.6. The lowest BCUT2D eigenvalue weighted by molar-refractivity contribution is -0.0520. The van der Waals surface area contributed by atoms with Gasteiger partial charge in [0.25, 0.3) is 0 Å². The maximum Gasteiger partial charge on any atom is 0.134 e. The molecule has 1 saturated heterocycles. The van der Waals surface area contributed by atoms with Crippen LogP contribution in [-0.2, 0) is 4.74 Å². The summed E-state index contributed by atoms with van der Waals surface area (Å²) in [6.07, 6.45) is 0.107. The van der Waals surface area contributed by atoms with Crippen molar-refractivity contribution in [1.82, 2.24) is 4.90 Å². The highest BCUT2D eigenvalue weighted by Crippen LogP contribution is 2.28. The predicted molar refractivity (Wildman–Crippen MR) is 79.6 cm³/mol. The number of ether oxygens (including phenoxy) is 1. The summed E-state index contributed by atoms with van der Waals surface area (Å²) in [7, 11) is 0. The largest absolute Gasteiger partial charge is 0.459 e. The molecule has 2 heterocycles. The zero-order valence-corrected chi connectivity index (χ0v) is 12.1. The van der Waals surface area contributed by atoms with Crippen molar-refractivity contribution >= 4 is 11.0 Å². The van der Waals surface area contributed by atoms with Gasteiger partial charge >= 0.3 is 0 Å². The van der Waals surface area contributed by atoms with Crippen LogP contribution < -0.4 is 5.73 Å². The molecule has 0 saturated carbocycles. The van der Waals surface area contributed by atoms with Gasteiger partial charge in [-0.05, 0) is 26.0 Å². The van der Waals surface area contributed by atoms with Crippen LogP contribution in [0.25, 0.3) is 11.0 Å². The van der Waals surface area contributed by atoms with E-state index >= 15 is 0 Å². The number of hydrogen-bond donors (Lipinski definition) is 1. The Morgan fingerprint density at radius 2 is 2.10 bits per heavy atom. The average molecular weight is 274 g/mol. The van der Waals surface area contributed by atoms with Gasteiger partial charge in [0.05, 0.1) is 18.8 Å². The first-order valence-corrected chi connectivity index (χ1v) is 7.25. The van der Waals surface area contributed by atoms with Crippen molar-refractivity contribution in [2.45, 2.75) is 32.0 Å². The van der Waals surface area contributed by atoms with Gasteiger partial charge in [0.1, 0.15) is 11.3 Å². The van der Waals surface area contributed by atoms with E-state index in [1.807, 2.05) is 25.1 Å². The maximum atomic E-state index is 5.97. The predicted octanol–water partition coefficient (Wildman–Crippen LogP) is 2.54. The van der Waals surface area contributed by atoms with Crippen LogP contribution in [0.2, 0.25) is 0 Å². The number of fused-ring (bicyclic) bond motifs is 1. The summed E-state index contributed by atoms with van der Waals surface area (Å²) in [5.41, 5.74) is 6.90. The van der Waals surface area contributed by atoms with E-state index in [1.165, 1.54) is 0 Å². The molecule has 1 aliphatic heterocycles. The minimum atomic E-state index is 0.0562. The van der Waals surface area contributed by atoms with E-state index in [1.54, 1.807) is 0 Å². The number of rotatable bonds is 3. The SMILES string of the molecule is CC(N)C1CN(C(C)c2cc3ccccc3o2)CCO1. The highest BCUT2D eigenvalue weighted by atomic mass is 16.5. The second-order valence-electron chi connectivity index (χ2n) is 5.63. The first-order chi connectivity index (χ1) is 9.65. The van der Waals surface area contributed by atoms with Gasteiger partial charge in [-0.1, -0.05) is 18.2 Å². The van der Waals surface area contributed by atoms with Crippen molar-refractivity contribution in [3.63, 3.8) is 0 Å². The molecule has 3 rings (SSSR count). The molecule has 0 bridgehead atoms. The summed E-state index contributed by atoms with van der Waals surface area (Å²) in [4.78, 5) is 2.38. The Bertz CT molecular complexity index is 546. The molecule has 0 spiro atoms. The fourth-order valence-corrected chi connectivity index (χ4v) is 2.75. The molecule has 108 valence electrons.